The molecule has 1 aliphatic rings. The second-order valence-corrected chi connectivity index (χ2v) is 8.60. The predicted octanol–water partition coefficient (Wildman–Crippen LogP) is 5.12. The molecular formula is C27H24F2N4O3. The Hall–Kier alpha value is -4.27. The lowest BCUT2D eigenvalue weighted by atomic mass is 9.96. The number of likely N-dealkylation sites (tertiary alicyclic amines) is 1. The number of nitrogens with one attached hydrogen (secondary N) is 1. The topological polar surface area (TPSA) is 76.5 Å². The SMILES string of the molecule is O=C(Nc1ccc(-n2cnc3ccccc32)cc1)C1CCCN(C(=O)c2ccccc2OC(F)F)C1. The van der Waals surface area contributed by atoms with E-state index in [1.54, 1.807) is 12.4 Å². The number of imidazole rings is 1. The van der Waals surface area contributed by atoms with Crippen LogP contribution in [0.25, 0.3) is 16.7 Å². The Morgan fingerprint density at radius 2 is 1.75 bits per heavy atom. The molecule has 0 aliphatic carbocycles. The van der Waals surface area contributed by atoms with Gasteiger partial charge >= 0.3 is 6.61 Å². The standard InChI is InChI=1S/C27H24F2N4O3/c28-27(29)36-24-10-4-1-7-21(24)26(35)32-15-5-6-18(16-32)25(34)31-19-11-13-20(14-12-19)33-17-30-22-8-2-3-9-23(22)33/h1-4,7-14,17-18,27H,5-6,15-16H2,(H,31,34). The minimum absolute atomic E-state index is 0.0569. The maximum absolute atomic E-state index is 13.0. The van der Waals surface area contributed by atoms with E-state index >= 15 is 0 Å². The van der Waals surface area contributed by atoms with Crippen molar-refractivity contribution in [3.8, 4) is 11.4 Å². The fourth-order valence-electron chi connectivity index (χ4n) is 4.50. The van der Waals surface area contributed by atoms with E-state index in [2.05, 4.69) is 15.0 Å². The van der Waals surface area contributed by atoms with Crippen molar-refractivity contribution in [3.05, 3.63) is 84.7 Å². The molecule has 1 fully saturated rings. The number of benzene rings is 3. The fourth-order valence-corrected chi connectivity index (χ4v) is 4.50. The lowest BCUT2D eigenvalue weighted by molar-refractivity contribution is -0.121. The Morgan fingerprint density at radius 1 is 1.00 bits per heavy atom. The van der Waals surface area contributed by atoms with Crippen LogP contribution >= 0.6 is 0 Å². The summed E-state index contributed by atoms with van der Waals surface area (Å²) in [6.07, 6.45) is 3.02. The lowest BCUT2D eigenvalue weighted by Crippen LogP contribution is -2.43. The Bertz CT molecular complexity index is 1390. The molecule has 1 aromatic heterocycles. The predicted molar refractivity (Wildman–Crippen MR) is 131 cm³/mol. The average Bonchev–Trinajstić information content (AvgIpc) is 3.33. The van der Waals surface area contributed by atoms with Crippen molar-refractivity contribution in [2.45, 2.75) is 19.5 Å². The highest BCUT2D eigenvalue weighted by Gasteiger charge is 2.30. The van der Waals surface area contributed by atoms with Crippen LogP contribution in [0.15, 0.2) is 79.1 Å². The largest absolute Gasteiger partial charge is 0.434 e. The van der Waals surface area contributed by atoms with Crippen LogP contribution in [-0.4, -0.2) is 46.0 Å². The van der Waals surface area contributed by atoms with E-state index in [1.807, 2.05) is 53.1 Å². The first-order chi connectivity index (χ1) is 17.5. The maximum Gasteiger partial charge on any atom is 0.387 e. The van der Waals surface area contributed by atoms with E-state index in [1.165, 1.54) is 23.1 Å². The zero-order valence-electron chi connectivity index (χ0n) is 19.3. The number of piperidine rings is 1. The lowest BCUT2D eigenvalue weighted by Gasteiger charge is -2.32. The molecule has 5 rings (SSSR count). The Kier molecular flexibility index (Phi) is 6.62. The Morgan fingerprint density at radius 3 is 2.56 bits per heavy atom. The molecule has 9 heteroatoms. The van der Waals surface area contributed by atoms with Gasteiger partial charge in [-0.05, 0) is 61.4 Å². The number of rotatable bonds is 6. The summed E-state index contributed by atoms with van der Waals surface area (Å²) in [4.78, 5) is 31.9. The number of para-hydroxylation sites is 3. The molecule has 2 heterocycles. The van der Waals surface area contributed by atoms with Crippen molar-refractivity contribution >= 4 is 28.5 Å². The molecule has 184 valence electrons. The van der Waals surface area contributed by atoms with Gasteiger partial charge in [-0.2, -0.15) is 8.78 Å². The van der Waals surface area contributed by atoms with Crippen LogP contribution in [0.2, 0.25) is 0 Å². The summed E-state index contributed by atoms with van der Waals surface area (Å²) in [5, 5.41) is 2.93. The molecule has 1 saturated heterocycles. The summed E-state index contributed by atoms with van der Waals surface area (Å²) in [5.74, 6) is -1.20. The highest BCUT2D eigenvalue weighted by molar-refractivity contribution is 5.98. The molecule has 1 aliphatic heterocycles. The van der Waals surface area contributed by atoms with Crippen LogP contribution in [0.4, 0.5) is 14.5 Å². The summed E-state index contributed by atoms with van der Waals surface area (Å²) in [6.45, 7) is -2.39. The number of hydrogen-bond acceptors (Lipinski definition) is 4. The second-order valence-electron chi connectivity index (χ2n) is 8.60. The van der Waals surface area contributed by atoms with Crippen LogP contribution in [0.3, 0.4) is 0 Å². The number of ether oxygens (including phenoxy) is 1. The normalized spacial score (nSPS) is 15.8. The first kappa shape index (κ1) is 23.5. The summed E-state index contributed by atoms with van der Waals surface area (Å²) < 4.78 is 32.0. The molecular weight excluding hydrogens is 466 g/mol. The fraction of sp³-hybridized carbons (Fsp3) is 0.222. The van der Waals surface area contributed by atoms with E-state index in [0.29, 0.717) is 25.1 Å². The van der Waals surface area contributed by atoms with Gasteiger partial charge in [-0.1, -0.05) is 24.3 Å². The minimum Gasteiger partial charge on any atom is -0.434 e. The third-order valence-corrected chi connectivity index (χ3v) is 6.28. The van der Waals surface area contributed by atoms with Gasteiger partial charge in [0.25, 0.3) is 5.91 Å². The summed E-state index contributed by atoms with van der Waals surface area (Å²) in [6, 6.07) is 21.2. The number of halogens is 2. The van der Waals surface area contributed by atoms with E-state index in [9.17, 15) is 18.4 Å². The number of carbonyl (C=O) groups is 2. The van der Waals surface area contributed by atoms with Crippen LogP contribution < -0.4 is 10.1 Å². The molecule has 1 unspecified atom stereocenters. The summed E-state index contributed by atoms with van der Waals surface area (Å²) in [7, 11) is 0. The molecule has 0 radical (unpaired) electrons. The average molecular weight is 491 g/mol. The third-order valence-electron chi connectivity index (χ3n) is 6.28. The zero-order valence-corrected chi connectivity index (χ0v) is 19.3. The minimum atomic E-state index is -3.03. The number of hydrogen-bond donors (Lipinski definition) is 1. The molecule has 4 aromatic rings. The van der Waals surface area contributed by atoms with Crippen molar-refractivity contribution in [1.29, 1.82) is 0 Å². The van der Waals surface area contributed by atoms with E-state index in [4.69, 9.17) is 0 Å². The Labute approximate surface area is 206 Å². The van der Waals surface area contributed by atoms with Gasteiger partial charge in [0.2, 0.25) is 5.91 Å². The smallest absolute Gasteiger partial charge is 0.387 e. The van der Waals surface area contributed by atoms with Gasteiger partial charge in [0.05, 0.1) is 22.5 Å². The molecule has 7 nitrogen and oxygen atoms in total. The number of carbonyl (C=O) groups excluding carboxylic acids is 2. The Balaban J connectivity index is 1.25. The number of alkyl halides is 2. The maximum atomic E-state index is 13.0. The van der Waals surface area contributed by atoms with E-state index < -0.39 is 18.4 Å². The van der Waals surface area contributed by atoms with Gasteiger partial charge in [-0.25, -0.2) is 4.98 Å². The van der Waals surface area contributed by atoms with Gasteiger partial charge in [-0.15, -0.1) is 0 Å². The quantitative estimate of drug-likeness (QED) is 0.407. The molecule has 1 N–H and O–H groups in total. The van der Waals surface area contributed by atoms with Gasteiger partial charge in [0, 0.05) is 24.5 Å². The number of aromatic nitrogens is 2. The zero-order chi connectivity index (χ0) is 25.1. The molecule has 3 aromatic carbocycles. The van der Waals surface area contributed by atoms with Crippen LogP contribution in [-0.2, 0) is 4.79 Å². The first-order valence-electron chi connectivity index (χ1n) is 11.7. The third kappa shape index (κ3) is 4.91. The molecule has 1 atom stereocenters. The molecule has 2 amide bonds. The summed E-state index contributed by atoms with van der Waals surface area (Å²) in [5.41, 5.74) is 3.51. The van der Waals surface area contributed by atoms with Crippen molar-refractivity contribution < 1.29 is 23.1 Å². The van der Waals surface area contributed by atoms with Gasteiger partial charge < -0.3 is 15.0 Å². The van der Waals surface area contributed by atoms with Crippen molar-refractivity contribution in [3.63, 3.8) is 0 Å². The first-order valence-corrected chi connectivity index (χ1v) is 11.7. The van der Waals surface area contributed by atoms with Crippen LogP contribution in [0.1, 0.15) is 23.2 Å². The molecule has 0 bridgehead atoms. The second kappa shape index (κ2) is 10.2. The number of fused-ring (bicyclic) bond motifs is 1. The van der Waals surface area contributed by atoms with E-state index in [0.717, 1.165) is 16.7 Å². The monoisotopic (exact) mass is 490 g/mol. The number of amides is 2. The highest BCUT2D eigenvalue weighted by atomic mass is 19.3. The molecule has 0 spiro atoms. The molecule has 0 saturated carbocycles. The highest BCUT2D eigenvalue weighted by Crippen LogP contribution is 2.26. The number of anilines is 1. The van der Waals surface area contributed by atoms with Crippen molar-refractivity contribution in [2.75, 3.05) is 18.4 Å². The van der Waals surface area contributed by atoms with Crippen molar-refractivity contribution in [2.24, 2.45) is 5.92 Å². The van der Waals surface area contributed by atoms with Gasteiger partial charge in [0.1, 0.15) is 12.1 Å². The van der Waals surface area contributed by atoms with Crippen LogP contribution in [0.5, 0.6) is 5.75 Å². The molecule has 36 heavy (non-hydrogen) atoms. The van der Waals surface area contributed by atoms with Gasteiger partial charge in [-0.3, -0.25) is 14.2 Å². The summed E-state index contributed by atoms with van der Waals surface area (Å²) >= 11 is 0. The van der Waals surface area contributed by atoms with Crippen LogP contribution in [0, 0.1) is 5.92 Å². The van der Waals surface area contributed by atoms with Gasteiger partial charge in [0.15, 0.2) is 0 Å². The van der Waals surface area contributed by atoms with E-state index in [-0.39, 0.29) is 23.8 Å². The van der Waals surface area contributed by atoms with Crippen molar-refractivity contribution in [1.82, 2.24) is 14.5 Å². The number of nitrogens with zero attached hydrogens (tertiary/aromatic N) is 3.